The van der Waals surface area contributed by atoms with Crippen molar-refractivity contribution in [3.8, 4) is 67.5 Å². The van der Waals surface area contributed by atoms with Crippen LogP contribution in [0.4, 0.5) is 0 Å². The predicted molar refractivity (Wildman–Crippen MR) is 257 cm³/mol. The van der Waals surface area contributed by atoms with Crippen LogP contribution in [-0.2, 0) is 5.41 Å². The van der Waals surface area contributed by atoms with Crippen molar-refractivity contribution in [3.63, 3.8) is 0 Å². The van der Waals surface area contributed by atoms with Crippen LogP contribution in [0.25, 0.3) is 87.7 Å². The average molecular weight is 808 g/mol. The van der Waals surface area contributed by atoms with E-state index in [9.17, 15) is 0 Å². The highest BCUT2D eigenvalue weighted by Crippen LogP contribution is 2.58. The molecule has 4 heteroatoms. The van der Waals surface area contributed by atoms with Gasteiger partial charge in [-0.05, 0) is 67.8 Å². The fraction of sp³-hybridized carbons (Fsp3) is 0.0172. The van der Waals surface area contributed by atoms with E-state index in [1.165, 1.54) is 59.1 Å². The molecular formula is C58H37N3S. The number of nitrogens with zero attached hydrogens (tertiary/aromatic N) is 3. The molecule has 0 atom stereocenters. The molecule has 0 bridgehead atoms. The van der Waals surface area contributed by atoms with E-state index in [0.717, 1.165) is 33.4 Å². The molecule has 1 aliphatic carbocycles. The summed E-state index contributed by atoms with van der Waals surface area (Å²) in [5.74, 6) is 1.88. The van der Waals surface area contributed by atoms with Gasteiger partial charge in [0, 0.05) is 36.9 Å². The fourth-order valence-corrected chi connectivity index (χ4v) is 10.9. The van der Waals surface area contributed by atoms with Gasteiger partial charge >= 0.3 is 0 Å². The van der Waals surface area contributed by atoms with Gasteiger partial charge in [-0.2, -0.15) is 0 Å². The van der Waals surface area contributed by atoms with Crippen molar-refractivity contribution in [1.82, 2.24) is 15.0 Å². The maximum absolute atomic E-state index is 5.43. The summed E-state index contributed by atoms with van der Waals surface area (Å²) in [5, 5.41) is 2.59. The van der Waals surface area contributed by atoms with Gasteiger partial charge in [0.2, 0.25) is 0 Å². The molecule has 0 unspecified atom stereocenters. The van der Waals surface area contributed by atoms with Crippen LogP contribution in [0.5, 0.6) is 0 Å². The first-order valence-corrected chi connectivity index (χ1v) is 21.8. The van der Waals surface area contributed by atoms with Crippen LogP contribution < -0.4 is 0 Å². The third kappa shape index (κ3) is 5.76. The minimum atomic E-state index is -0.625. The third-order valence-electron chi connectivity index (χ3n) is 12.4. The summed E-state index contributed by atoms with van der Waals surface area (Å²) in [5.41, 5.74) is 14.0. The minimum absolute atomic E-state index is 0.625. The molecule has 9 aromatic carbocycles. The molecule has 0 N–H and O–H groups in total. The van der Waals surface area contributed by atoms with Gasteiger partial charge in [-0.15, -0.1) is 11.3 Å². The molecule has 3 nitrogen and oxygen atoms in total. The zero-order valence-electron chi connectivity index (χ0n) is 33.6. The SMILES string of the molecule is c1ccc(-c2cccc(-c3nc(-c4ccc(-c5cccc6c5sc5ccccc56)cc4)nc(-c4cccc5c4C(c4ccccc4)(c4ccccc4)c4ccccc4-5)n3)c2)cc1. The molecule has 0 fully saturated rings. The Kier molecular flexibility index (Phi) is 8.58. The number of benzene rings is 9. The quantitative estimate of drug-likeness (QED) is 0.161. The Morgan fingerprint density at radius 3 is 1.61 bits per heavy atom. The van der Waals surface area contributed by atoms with Crippen LogP contribution in [0, 0.1) is 0 Å². The van der Waals surface area contributed by atoms with Gasteiger partial charge in [0.05, 0.1) is 5.41 Å². The van der Waals surface area contributed by atoms with E-state index < -0.39 is 5.41 Å². The van der Waals surface area contributed by atoms with E-state index in [0.29, 0.717) is 17.5 Å². The molecular weight excluding hydrogens is 771 g/mol. The normalized spacial score (nSPS) is 12.6. The highest BCUT2D eigenvalue weighted by atomic mass is 32.1. The van der Waals surface area contributed by atoms with Crippen molar-refractivity contribution in [1.29, 1.82) is 0 Å². The smallest absolute Gasteiger partial charge is 0.164 e. The lowest BCUT2D eigenvalue weighted by molar-refractivity contribution is 0.769. The Labute approximate surface area is 364 Å². The minimum Gasteiger partial charge on any atom is -0.208 e. The molecule has 0 amide bonds. The molecule has 0 radical (unpaired) electrons. The van der Waals surface area contributed by atoms with Crippen LogP contribution >= 0.6 is 11.3 Å². The fourth-order valence-electron chi connectivity index (χ4n) is 9.69. The zero-order valence-corrected chi connectivity index (χ0v) is 34.4. The molecule has 12 rings (SSSR count). The predicted octanol–water partition coefficient (Wildman–Crippen LogP) is 14.9. The van der Waals surface area contributed by atoms with Gasteiger partial charge in [0.1, 0.15) is 0 Å². The molecule has 2 aromatic heterocycles. The van der Waals surface area contributed by atoms with Gasteiger partial charge in [-0.25, -0.2) is 15.0 Å². The monoisotopic (exact) mass is 807 g/mol. The lowest BCUT2D eigenvalue weighted by atomic mass is 9.66. The highest BCUT2D eigenvalue weighted by molar-refractivity contribution is 7.26. The molecule has 0 spiro atoms. The van der Waals surface area contributed by atoms with Crippen LogP contribution in [0.2, 0.25) is 0 Å². The summed E-state index contributed by atoms with van der Waals surface area (Å²) in [6.07, 6.45) is 0. The Balaban J connectivity index is 1.08. The number of fused-ring (bicyclic) bond motifs is 6. The number of thiophene rings is 1. The summed E-state index contributed by atoms with van der Waals surface area (Å²) in [6, 6.07) is 80.3. The Morgan fingerprint density at radius 2 is 0.839 bits per heavy atom. The standard InChI is InChI=1S/C58H37N3S/c1-4-17-38(18-5-1)41-19-14-20-42(37-41)56-59-55(40-35-33-39(34-36-40)45-27-15-29-49-47-26-11-13-32-52(47)62-54(45)49)60-57(61-56)50-30-16-28-48-46-25-10-12-31-51(46)58(53(48)50,43-21-6-2-7-22-43)44-23-8-3-9-24-44/h1-37H. The lowest BCUT2D eigenvalue weighted by Crippen LogP contribution is -2.29. The maximum atomic E-state index is 5.43. The van der Waals surface area contributed by atoms with E-state index in [1.807, 2.05) is 17.4 Å². The first-order valence-electron chi connectivity index (χ1n) is 21.0. The molecule has 11 aromatic rings. The summed E-state index contributed by atoms with van der Waals surface area (Å²) < 4.78 is 2.59. The second kappa shape index (κ2) is 14.7. The van der Waals surface area contributed by atoms with E-state index >= 15 is 0 Å². The lowest BCUT2D eigenvalue weighted by Gasteiger charge is -2.35. The molecule has 2 heterocycles. The zero-order chi connectivity index (χ0) is 41.0. The van der Waals surface area contributed by atoms with Gasteiger partial charge in [-0.3, -0.25) is 0 Å². The van der Waals surface area contributed by atoms with Gasteiger partial charge in [0.25, 0.3) is 0 Å². The van der Waals surface area contributed by atoms with Crippen molar-refractivity contribution in [2.24, 2.45) is 0 Å². The Bertz CT molecular complexity index is 3410. The van der Waals surface area contributed by atoms with Crippen LogP contribution in [-0.4, -0.2) is 15.0 Å². The summed E-state index contributed by atoms with van der Waals surface area (Å²) in [4.78, 5) is 16.1. The van der Waals surface area contributed by atoms with Gasteiger partial charge in [-0.1, -0.05) is 212 Å². The van der Waals surface area contributed by atoms with Crippen molar-refractivity contribution < 1.29 is 0 Å². The van der Waals surface area contributed by atoms with E-state index in [-0.39, 0.29) is 0 Å². The van der Waals surface area contributed by atoms with Gasteiger partial charge < -0.3 is 0 Å². The van der Waals surface area contributed by atoms with Crippen molar-refractivity contribution in [3.05, 3.63) is 247 Å². The topological polar surface area (TPSA) is 38.7 Å². The first-order chi connectivity index (χ1) is 30.7. The van der Waals surface area contributed by atoms with E-state index in [4.69, 9.17) is 15.0 Å². The molecule has 62 heavy (non-hydrogen) atoms. The van der Waals surface area contributed by atoms with Crippen molar-refractivity contribution in [2.45, 2.75) is 5.41 Å². The van der Waals surface area contributed by atoms with Crippen LogP contribution in [0.3, 0.4) is 0 Å². The number of hydrogen-bond donors (Lipinski definition) is 0. The second-order valence-corrected chi connectivity index (χ2v) is 16.9. The maximum Gasteiger partial charge on any atom is 0.164 e. The highest BCUT2D eigenvalue weighted by Gasteiger charge is 2.47. The number of rotatable bonds is 7. The Morgan fingerprint density at radius 1 is 0.323 bits per heavy atom. The third-order valence-corrected chi connectivity index (χ3v) is 13.7. The molecule has 0 saturated carbocycles. The molecule has 0 aliphatic heterocycles. The number of aromatic nitrogens is 3. The summed E-state index contributed by atoms with van der Waals surface area (Å²) in [7, 11) is 0. The molecule has 1 aliphatic rings. The van der Waals surface area contributed by atoms with Crippen molar-refractivity contribution in [2.75, 3.05) is 0 Å². The van der Waals surface area contributed by atoms with Crippen LogP contribution in [0.1, 0.15) is 22.3 Å². The summed E-state index contributed by atoms with van der Waals surface area (Å²) in [6.45, 7) is 0. The van der Waals surface area contributed by atoms with Crippen LogP contribution in [0.15, 0.2) is 224 Å². The second-order valence-electron chi connectivity index (χ2n) is 15.9. The van der Waals surface area contributed by atoms with E-state index in [1.54, 1.807) is 0 Å². The van der Waals surface area contributed by atoms with Crippen molar-refractivity contribution >= 4 is 31.5 Å². The largest absolute Gasteiger partial charge is 0.208 e. The average Bonchev–Trinajstić information content (AvgIpc) is 3.89. The molecule has 290 valence electrons. The summed E-state index contributed by atoms with van der Waals surface area (Å²) >= 11 is 1.85. The number of hydrogen-bond acceptors (Lipinski definition) is 4. The first kappa shape index (κ1) is 36.1. The Hall–Kier alpha value is -7.79. The molecule has 0 saturated heterocycles. The van der Waals surface area contributed by atoms with Gasteiger partial charge in [0.15, 0.2) is 17.5 Å². The van der Waals surface area contributed by atoms with E-state index in [2.05, 4.69) is 218 Å².